The van der Waals surface area contributed by atoms with Gasteiger partial charge in [-0.15, -0.1) is 0 Å². The van der Waals surface area contributed by atoms with Gasteiger partial charge in [-0.25, -0.2) is 4.39 Å². The molecular formula is C14H14FNO2. The predicted octanol–water partition coefficient (Wildman–Crippen LogP) is 2.70. The summed E-state index contributed by atoms with van der Waals surface area (Å²) in [6.45, 7) is 2.15. The summed E-state index contributed by atoms with van der Waals surface area (Å²) < 4.78 is 18.5. The van der Waals surface area contributed by atoms with Crippen molar-refractivity contribution in [3.8, 4) is 0 Å². The molecule has 2 rings (SSSR count). The van der Waals surface area contributed by atoms with E-state index in [-0.39, 0.29) is 17.5 Å². The highest BCUT2D eigenvalue weighted by Crippen LogP contribution is 2.07. The number of halogens is 1. The van der Waals surface area contributed by atoms with Gasteiger partial charge in [0.15, 0.2) is 5.76 Å². The third-order valence-electron chi connectivity index (χ3n) is 2.60. The fourth-order valence-electron chi connectivity index (χ4n) is 1.66. The second-order valence-corrected chi connectivity index (χ2v) is 4.01. The summed E-state index contributed by atoms with van der Waals surface area (Å²) in [6.07, 6.45) is 0.456. The Morgan fingerprint density at radius 3 is 2.72 bits per heavy atom. The average Bonchev–Trinajstić information content (AvgIpc) is 2.78. The molecule has 1 heterocycles. The highest BCUT2D eigenvalue weighted by molar-refractivity contribution is 5.91. The van der Waals surface area contributed by atoms with E-state index in [9.17, 15) is 9.18 Å². The van der Waals surface area contributed by atoms with E-state index in [0.29, 0.717) is 24.3 Å². The van der Waals surface area contributed by atoms with Crippen molar-refractivity contribution in [2.75, 3.05) is 6.54 Å². The third-order valence-corrected chi connectivity index (χ3v) is 2.60. The first-order chi connectivity index (χ1) is 8.66. The van der Waals surface area contributed by atoms with E-state index in [1.54, 1.807) is 37.3 Å². The first-order valence-electron chi connectivity index (χ1n) is 5.75. The lowest BCUT2D eigenvalue weighted by Crippen LogP contribution is -2.25. The third kappa shape index (κ3) is 2.97. The Morgan fingerprint density at radius 2 is 2.06 bits per heavy atom. The molecule has 18 heavy (non-hydrogen) atoms. The van der Waals surface area contributed by atoms with Crippen molar-refractivity contribution in [1.29, 1.82) is 0 Å². The smallest absolute Gasteiger partial charge is 0.287 e. The van der Waals surface area contributed by atoms with Crippen LogP contribution in [0.4, 0.5) is 4.39 Å². The Morgan fingerprint density at radius 1 is 1.28 bits per heavy atom. The van der Waals surface area contributed by atoms with E-state index in [0.717, 1.165) is 0 Å². The highest BCUT2D eigenvalue weighted by atomic mass is 19.1. The molecule has 0 saturated heterocycles. The molecule has 0 unspecified atom stereocenters. The number of rotatable bonds is 4. The van der Waals surface area contributed by atoms with Gasteiger partial charge >= 0.3 is 0 Å². The van der Waals surface area contributed by atoms with Crippen molar-refractivity contribution in [1.82, 2.24) is 5.32 Å². The summed E-state index contributed by atoms with van der Waals surface area (Å²) >= 11 is 0. The second-order valence-electron chi connectivity index (χ2n) is 4.01. The molecule has 0 radical (unpaired) electrons. The number of furan rings is 1. The molecule has 2 aromatic rings. The lowest BCUT2D eigenvalue weighted by atomic mass is 10.1. The topological polar surface area (TPSA) is 42.2 Å². The van der Waals surface area contributed by atoms with Gasteiger partial charge in [0.2, 0.25) is 0 Å². The molecule has 0 fully saturated rings. The molecule has 0 aliphatic heterocycles. The summed E-state index contributed by atoms with van der Waals surface area (Å²) in [5.74, 6) is 0.440. The Kier molecular flexibility index (Phi) is 3.77. The molecule has 1 aromatic heterocycles. The minimum absolute atomic E-state index is 0.249. The number of hydrogen-bond acceptors (Lipinski definition) is 2. The minimum Gasteiger partial charge on any atom is -0.456 e. The van der Waals surface area contributed by atoms with Crippen LogP contribution < -0.4 is 5.32 Å². The van der Waals surface area contributed by atoms with Crippen molar-refractivity contribution in [2.45, 2.75) is 13.3 Å². The van der Waals surface area contributed by atoms with Gasteiger partial charge in [0.25, 0.3) is 5.91 Å². The average molecular weight is 247 g/mol. The minimum atomic E-state index is -0.278. The number of aryl methyl sites for hydroxylation is 1. The van der Waals surface area contributed by atoms with Crippen molar-refractivity contribution >= 4 is 5.91 Å². The van der Waals surface area contributed by atoms with Crippen LogP contribution in [0.25, 0.3) is 0 Å². The maximum Gasteiger partial charge on any atom is 0.287 e. The molecule has 0 spiro atoms. The number of amides is 1. The first kappa shape index (κ1) is 12.4. The molecule has 1 amide bonds. The molecular weight excluding hydrogens is 233 g/mol. The Balaban J connectivity index is 1.86. The van der Waals surface area contributed by atoms with Gasteiger partial charge in [0.1, 0.15) is 11.6 Å². The number of benzene rings is 1. The summed E-state index contributed by atoms with van der Waals surface area (Å²) in [5.41, 5.74) is 0.591. The normalized spacial score (nSPS) is 10.3. The summed E-state index contributed by atoms with van der Waals surface area (Å²) in [4.78, 5) is 11.6. The van der Waals surface area contributed by atoms with Crippen LogP contribution in [0.1, 0.15) is 21.9 Å². The summed E-state index contributed by atoms with van der Waals surface area (Å²) in [6, 6.07) is 9.88. The van der Waals surface area contributed by atoms with E-state index >= 15 is 0 Å². The first-order valence-corrected chi connectivity index (χ1v) is 5.75. The zero-order valence-corrected chi connectivity index (χ0v) is 10.1. The van der Waals surface area contributed by atoms with Crippen LogP contribution in [0.5, 0.6) is 0 Å². The fraction of sp³-hybridized carbons (Fsp3) is 0.214. The molecule has 0 atom stereocenters. The molecule has 3 nitrogen and oxygen atoms in total. The molecule has 0 saturated carbocycles. The molecule has 1 N–H and O–H groups in total. The maximum absolute atomic E-state index is 13.3. The van der Waals surface area contributed by atoms with Gasteiger partial charge in [-0.1, -0.05) is 18.2 Å². The second kappa shape index (κ2) is 5.49. The predicted molar refractivity (Wildman–Crippen MR) is 65.9 cm³/mol. The highest BCUT2D eigenvalue weighted by Gasteiger charge is 2.09. The van der Waals surface area contributed by atoms with E-state index < -0.39 is 0 Å². The van der Waals surface area contributed by atoms with E-state index in [4.69, 9.17) is 4.42 Å². The monoisotopic (exact) mass is 247 g/mol. The SMILES string of the molecule is Cc1ccc(C(=O)NCCc2ccccc2F)o1. The van der Waals surface area contributed by atoms with Gasteiger partial charge in [-0.2, -0.15) is 0 Å². The summed E-state index contributed by atoms with van der Waals surface area (Å²) in [5, 5.41) is 2.69. The molecule has 4 heteroatoms. The molecule has 1 aromatic carbocycles. The van der Waals surface area contributed by atoms with Crippen molar-refractivity contribution in [3.05, 3.63) is 59.3 Å². The number of carbonyl (C=O) groups excluding carboxylic acids is 1. The van der Waals surface area contributed by atoms with Crippen molar-refractivity contribution in [2.24, 2.45) is 0 Å². The zero-order valence-electron chi connectivity index (χ0n) is 10.1. The number of carbonyl (C=O) groups is 1. The number of hydrogen-bond donors (Lipinski definition) is 1. The fourth-order valence-corrected chi connectivity index (χ4v) is 1.66. The summed E-state index contributed by atoms with van der Waals surface area (Å²) in [7, 11) is 0. The van der Waals surface area contributed by atoms with Gasteiger partial charge in [-0.05, 0) is 37.1 Å². The van der Waals surface area contributed by atoms with Gasteiger partial charge < -0.3 is 9.73 Å². The lowest BCUT2D eigenvalue weighted by Gasteiger charge is -2.04. The Bertz CT molecular complexity index is 548. The van der Waals surface area contributed by atoms with Crippen LogP contribution >= 0.6 is 0 Å². The van der Waals surface area contributed by atoms with E-state index in [1.165, 1.54) is 6.07 Å². The molecule has 0 aliphatic rings. The van der Waals surface area contributed by atoms with Crippen molar-refractivity contribution in [3.63, 3.8) is 0 Å². The molecule has 0 aliphatic carbocycles. The zero-order chi connectivity index (χ0) is 13.0. The van der Waals surface area contributed by atoms with Gasteiger partial charge in [-0.3, -0.25) is 4.79 Å². The van der Waals surface area contributed by atoms with Crippen LogP contribution in [-0.2, 0) is 6.42 Å². The number of nitrogens with one attached hydrogen (secondary N) is 1. The van der Waals surface area contributed by atoms with Crippen LogP contribution in [-0.4, -0.2) is 12.5 Å². The van der Waals surface area contributed by atoms with Crippen molar-refractivity contribution < 1.29 is 13.6 Å². The Labute approximate surface area is 105 Å². The lowest BCUT2D eigenvalue weighted by molar-refractivity contribution is 0.0925. The largest absolute Gasteiger partial charge is 0.456 e. The Hall–Kier alpha value is -2.10. The molecule has 0 bridgehead atoms. The van der Waals surface area contributed by atoms with Crippen LogP contribution in [0, 0.1) is 12.7 Å². The maximum atomic E-state index is 13.3. The van der Waals surface area contributed by atoms with E-state index in [1.807, 2.05) is 0 Å². The molecule has 94 valence electrons. The van der Waals surface area contributed by atoms with Gasteiger partial charge in [0.05, 0.1) is 0 Å². The van der Waals surface area contributed by atoms with Crippen LogP contribution in [0.3, 0.4) is 0 Å². The van der Waals surface area contributed by atoms with Crippen LogP contribution in [0.15, 0.2) is 40.8 Å². The van der Waals surface area contributed by atoms with Gasteiger partial charge in [0, 0.05) is 6.54 Å². The van der Waals surface area contributed by atoms with E-state index in [2.05, 4.69) is 5.32 Å². The van der Waals surface area contributed by atoms with Crippen LogP contribution in [0.2, 0.25) is 0 Å². The quantitative estimate of drug-likeness (QED) is 0.902. The standard InChI is InChI=1S/C14H14FNO2/c1-10-6-7-13(18-10)14(17)16-9-8-11-4-2-3-5-12(11)15/h2-7H,8-9H2,1H3,(H,16,17).